The minimum absolute atomic E-state index is 0.0169. The second-order valence-electron chi connectivity index (χ2n) is 3.12. The zero-order chi connectivity index (χ0) is 9.57. The van der Waals surface area contributed by atoms with Gasteiger partial charge < -0.3 is 0 Å². The lowest BCUT2D eigenvalue weighted by atomic mass is 9.95. The number of halogens is 4. The Morgan fingerprint density at radius 3 is 1.92 bits per heavy atom. The monoisotopic (exact) mass is 184 g/mol. The lowest BCUT2D eigenvalue weighted by Gasteiger charge is -2.19. The molecule has 5 heteroatoms. The van der Waals surface area contributed by atoms with Crippen LogP contribution >= 0.6 is 0 Å². The Labute approximate surface area is 66.7 Å². The summed E-state index contributed by atoms with van der Waals surface area (Å²) in [5.41, 5.74) is -1.74. The van der Waals surface area contributed by atoms with Crippen LogP contribution in [-0.4, -0.2) is 18.1 Å². The molecule has 0 aromatic heterocycles. The summed E-state index contributed by atoms with van der Waals surface area (Å²) in [5.74, 6) is -0.702. The topological polar surface area (TPSA) is 17.1 Å². The number of alkyl halides is 4. The normalized spacial score (nSPS) is 23.4. The van der Waals surface area contributed by atoms with Crippen molar-refractivity contribution in [2.75, 3.05) is 0 Å². The minimum atomic E-state index is -4.90. The van der Waals surface area contributed by atoms with E-state index in [9.17, 15) is 22.4 Å². The van der Waals surface area contributed by atoms with Gasteiger partial charge in [0.1, 0.15) is 5.78 Å². The second kappa shape index (κ2) is 2.44. The fraction of sp³-hybridized carbons (Fsp3) is 0.857. The van der Waals surface area contributed by atoms with Gasteiger partial charge in [0.15, 0.2) is 0 Å². The van der Waals surface area contributed by atoms with Gasteiger partial charge in [-0.1, -0.05) is 0 Å². The summed E-state index contributed by atoms with van der Waals surface area (Å²) >= 11 is 0. The fourth-order valence-corrected chi connectivity index (χ4v) is 1.23. The van der Waals surface area contributed by atoms with E-state index in [1.54, 1.807) is 0 Å². The Kier molecular flexibility index (Phi) is 1.92. The number of Topliss-reactive ketones (excluding diaryl/α,β-unsaturated/α-hetero) is 1. The maximum Gasteiger partial charge on any atom is 0.420 e. The van der Waals surface area contributed by atoms with E-state index in [4.69, 9.17) is 0 Å². The Morgan fingerprint density at radius 1 is 1.42 bits per heavy atom. The average Bonchev–Trinajstić information content (AvgIpc) is 2.62. The summed E-state index contributed by atoms with van der Waals surface area (Å²) in [4.78, 5) is 10.7. The van der Waals surface area contributed by atoms with E-state index in [0.717, 1.165) is 6.92 Å². The molecule has 0 aromatic carbocycles. The number of carbonyl (C=O) groups excluding carboxylic acids is 1. The van der Waals surface area contributed by atoms with E-state index in [-0.39, 0.29) is 12.8 Å². The third-order valence-corrected chi connectivity index (χ3v) is 2.26. The van der Waals surface area contributed by atoms with Gasteiger partial charge in [0.25, 0.3) is 0 Å². The summed E-state index contributed by atoms with van der Waals surface area (Å²) in [5, 5.41) is 0. The van der Waals surface area contributed by atoms with Gasteiger partial charge in [0.05, 0.1) is 5.41 Å². The number of carbonyl (C=O) groups is 1. The second-order valence-corrected chi connectivity index (χ2v) is 3.12. The van der Waals surface area contributed by atoms with Crippen LogP contribution in [0.25, 0.3) is 0 Å². The van der Waals surface area contributed by atoms with Gasteiger partial charge in [0, 0.05) is 0 Å². The van der Waals surface area contributed by atoms with E-state index >= 15 is 0 Å². The average molecular weight is 184 g/mol. The van der Waals surface area contributed by atoms with Crippen LogP contribution in [0, 0.1) is 5.41 Å². The van der Waals surface area contributed by atoms with Crippen molar-refractivity contribution in [3.63, 3.8) is 0 Å². The molecule has 1 rings (SSSR count). The molecule has 0 amide bonds. The Hall–Kier alpha value is -0.610. The van der Waals surface area contributed by atoms with Crippen LogP contribution in [0.15, 0.2) is 0 Å². The van der Waals surface area contributed by atoms with Gasteiger partial charge in [-0.25, -0.2) is 4.39 Å². The zero-order valence-electron chi connectivity index (χ0n) is 6.41. The van der Waals surface area contributed by atoms with Gasteiger partial charge in [-0.15, -0.1) is 0 Å². The highest BCUT2D eigenvalue weighted by Crippen LogP contribution is 2.55. The van der Waals surface area contributed by atoms with Crippen LogP contribution in [-0.2, 0) is 4.79 Å². The zero-order valence-corrected chi connectivity index (χ0v) is 6.41. The van der Waals surface area contributed by atoms with Crippen molar-refractivity contribution in [2.24, 2.45) is 5.41 Å². The molecule has 0 aromatic rings. The molecule has 1 nitrogen and oxygen atoms in total. The summed E-state index contributed by atoms with van der Waals surface area (Å²) in [6.07, 6.45) is -7.85. The van der Waals surface area contributed by atoms with Crippen molar-refractivity contribution in [3.05, 3.63) is 0 Å². The largest absolute Gasteiger partial charge is 0.420 e. The molecule has 0 bridgehead atoms. The van der Waals surface area contributed by atoms with Gasteiger partial charge in [-0.3, -0.25) is 4.79 Å². The predicted molar refractivity (Wildman–Crippen MR) is 33.3 cm³/mol. The lowest BCUT2D eigenvalue weighted by molar-refractivity contribution is -0.199. The van der Waals surface area contributed by atoms with Crippen LogP contribution in [0.3, 0.4) is 0 Å². The lowest BCUT2D eigenvalue weighted by Crippen LogP contribution is -2.37. The summed E-state index contributed by atoms with van der Waals surface area (Å²) in [7, 11) is 0. The first-order valence-corrected chi connectivity index (χ1v) is 3.52. The van der Waals surface area contributed by atoms with Crippen molar-refractivity contribution < 1.29 is 22.4 Å². The predicted octanol–water partition coefficient (Wildman–Crippen LogP) is 2.26. The molecule has 1 aliphatic rings. The van der Waals surface area contributed by atoms with Crippen LogP contribution in [0.1, 0.15) is 19.8 Å². The summed E-state index contributed by atoms with van der Waals surface area (Å²) in [6.45, 7) is 1.01. The molecule has 0 heterocycles. The van der Waals surface area contributed by atoms with Crippen molar-refractivity contribution in [1.29, 1.82) is 0 Å². The smallest absolute Gasteiger partial charge is 0.299 e. The molecule has 1 fully saturated rings. The number of hydrogen-bond donors (Lipinski definition) is 0. The quantitative estimate of drug-likeness (QED) is 0.601. The van der Waals surface area contributed by atoms with Gasteiger partial charge in [0.2, 0.25) is 6.17 Å². The standard InChI is InChI=1S/C7H8F4O/c1-4(12)6(2-3-6)5(8)7(9,10)11/h5H,2-3H2,1H3. The van der Waals surface area contributed by atoms with Gasteiger partial charge >= 0.3 is 6.18 Å². The van der Waals surface area contributed by atoms with Crippen molar-refractivity contribution in [3.8, 4) is 0 Å². The van der Waals surface area contributed by atoms with Crippen molar-refractivity contribution in [1.82, 2.24) is 0 Å². The molecule has 0 spiro atoms. The van der Waals surface area contributed by atoms with E-state index in [0.29, 0.717) is 0 Å². The molecule has 1 atom stereocenters. The molecular formula is C7H8F4O. The van der Waals surface area contributed by atoms with E-state index in [1.807, 2.05) is 0 Å². The third-order valence-electron chi connectivity index (χ3n) is 2.26. The first-order chi connectivity index (χ1) is 5.31. The molecule has 1 unspecified atom stereocenters. The highest BCUT2D eigenvalue weighted by atomic mass is 19.4. The van der Waals surface area contributed by atoms with Gasteiger partial charge in [-0.05, 0) is 19.8 Å². The molecule has 1 saturated carbocycles. The molecular weight excluding hydrogens is 176 g/mol. The van der Waals surface area contributed by atoms with Crippen LogP contribution in [0.4, 0.5) is 17.6 Å². The van der Waals surface area contributed by atoms with E-state index in [1.165, 1.54) is 0 Å². The van der Waals surface area contributed by atoms with Crippen molar-refractivity contribution >= 4 is 5.78 Å². The molecule has 0 N–H and O–H groups in total. The maximum absolute atomic E-state index is 12.7. The molecule has 0 saturated heterocycles. The third kappa shape index (κ3) is 1.32. The molecule has 0 aliphatic heterocycles. The molecule has 70 valence electrons. The summed E-state index contributed by atoms with van der Waals surface area (Å²) in [6, 6.07) is 0. The maximum atomic E-state index is 12.7. The molecule has 1 aliphatic carbocycles. The molecule has 12 heavy (non-hydrogen) atoms. The number of rotatable bonds is 2. The van der Waals surface area contributed by atoms with Crippen LogP contribution < -0.4 is 0 Å². The van der Waals surface area contributed by atoms with Crippen LogP contribution in [0.2, 0.25) is 0 Å². The fourth-order valence-electron chi connectivity index (χ4n) is 1.23. The number of hydrogen-bond acceptors (Lipinski definition) is 1. The first kappa shape index (κ1) is 9.48. The Balaban J connectivity index is 2.77. The highest BCUT2D eigenvalue weighted by Gasteiger charge is 2.63. The Bertz CT molecular complexity index is 204. The van der Waals surface area contributed by atoms with Crippen LogP contribution in [0.5, 0.6) is 0 Å². The molecule has 0 radical (unpaired) electrons. The minimum Gasteiger partial charge on any atom is -0.299 e. The summed E-state index contributed by atoms with van der Waals surface area (Å²) < 4.78 is 48.1. The Morgan fingerprint density at radius 2 is 1.83 bits per heavy atom. The van der Waals surface area contributed by atoms with Gasteiger partial charge in [-0.2, -0.15) is 13.2 Å². The first-order valence-electron chi connectivity index (χ1n) is 3.52. The highest BCUT2D eigenvalue weighted by molar-refractivity contribution is 5.85. The van der Waals surface area contributed by atoms with E-state index in [2.05, 4.69) is 0 Å². The SMILES string of the molecule is CC(=O)C1(C(F)C(F)(F)F)CC1. The van der Waals surface area contributed by atoms with Crippen molar-refractivity contribution in [2.45, 2.75) is 32.1 Å². The number of ketones is 1. The van der Waals surface area contributed by atoms with E-state index < -0.39 is 23.5 Å².